The van der Waals surface area contributed by atoms with Crippen LogP contribution in [-0.2, 0) is 12.2 Å². The summed E-state index contributed by atoms with van der Waals surface area (Å²) in [5, 5.41) is 1.57. The topological polar surface area (TPSA) is 41.4 Å². The van der Waals surface area contributed by atoms with Crippen LogP contribution in [0.3, 0.4) is 0 Å². The molecule has 0 fully saturated rings. The molecule has 4 rings (SSSR count). The highest BCUT2D eigenvalue weighted by atomic mass is 35.5. The number of nitrogens with zero attached hydrogens (tertiary/aromatic N) is 4. The molecule has 0 radical (unpaired) electrons. The third-order valence-electron chi connectivity index (χ3n) is 5.01. The Balaban J connectivity index is 1.40. The minimum absolute atomic E-state index is 0.230. The largest absolute Gasteiger partial charge is 0.327 e. The van der Waals surface area contributed by atoms with Gasteiger partial charge in [-0.25, -0.2) is 19.4 Å². The van der Waals surface area contributed by atoms with E-state index in [4.69, 9.17) is 11.6 Å². The molecule has 0 unspecified atom stereocenters. The maximum Gasteiger partial charge on any atom is 0.168 e. The van der Waals surface area contributed by atoms with Crippen molar-refractivity contribution < 1.29 is 4.39 Å². The van der Waals surface area contributed by atoms with Gasteiger partial charge in [0.15, 0.2) is 11.0 Å². The van der Waals surface area contributed by atoms with Crippen LogP contribution in [0.15, 0.2) is 90.0 Å². The van der Waals surface area contributed by atoms with E-state index in [1.165, 1.54) is 12.1 Å². The van der Waals surface area contributed by atoms with Crippen molar-refractivity contribution >= 4 is 28.5 Å². The van der Waals surface area contributed by atoms with Gasteiger partial charge in [-0.2, -0.15) is 0 Å². The molecular formula is C25H22ClFN4S. The molecule has 4 nitrogen and oxygen atoms in total. The Morgan fingerprint density at radius 3 is 2.38 bits per heavy atom. The van der Waals surface area contributed by atoms with Crippen molar-refractivity contribution in [2.45, 2.75) is 19.1 Å². The number of amidine groups is 1. The first-order valence-corrected chi connectivity index (χ1v) is 11.5. The summed E-state index contributed by atoms with van der Waals surface area (Å²) in [6, 6.07) is 14.0. The van der Waals surface area contributed by atoms with E-state index in [1.807, 2.05) is 43.6 Å². The molecule has 0 spiro atoms. The summed E-state index contributed by atoms with van der Waals surface area (Å²) in [4.78, 5) is 15.8. The van der Waals surface area contributed by atoms with Crippen LogP contribution in [0, 0.1) is 5.82 Å². The standard InChI is InChI=1S/C25H22ClFN4S/c1-17-15-31(25(30-18(17)2)32-16-19-3-9-23(27)10-4-19)12-11-20-13-28-24(29-14-20)21-5-7-22(26)8-6-21/h3-10,13-15H,2,11-12,16H2,1H3. The predicted molar refractivity (Wildman–Crippen MR) is 131 cm³/mol. The second-order valence-corrected chi connectivity index (χ2v) is 8.81. The van der Waals surface area contributed by atoms with Crippen molar-refractivity contribution in [2.24, 2.45) is 4.99 Å². The van der Waals surface area contributed by atoms with Crippen molar-refractivity contribution in [1.29, 1.82) is 0 Å². The van der Waals surface area contributed by atoms with Crippen molar-refractivity contribution in [2.75, 3.05) is 6.54 Å². The Bertz CT molecular complexity index is 1160. The Kier molecular flexibility index (Phi) is 7.02. The summed E-state index contributed by atoms with van der Waals surface area (Å²) < 4.78 is 13.2. The first-order valence-electron chi connectivity index (χ1n) is 10.1. The van der Waals surface area contributed by atoms with Crippen LogP contribution in [-0.4, -0.2) is 26.6 Å². The number of aromatic nitrogens is 2. The number of thioether (sulfide) groups is 1. The number of benzene rings is 2. The molecule has 0 atom stereocenters. The zero-order valence-corrected chi connectivity index (χ0v) is 19.2. The van der Waals surface area contributed by atoms with Crippen molar-refractivity contribution in [3.8, 4) is 11.4 Å². The second kappa shape index (κ2) is 10.1. The summed E-state index contributed by atoms with van der Waals surface area (Å²) in [5.41, 5.74) is 4.81. The Morgan fingerprint density at radius 1 is 1.00 bits per heavy atom. The summed E-state index contributed by atoms with van der Waals surface area (Å²) in [6.45, 7) is 6.78. The fraction of sp³-hybridized carbons (Fsp3) is 0.160. The highest BCUT2D eigenvalue weighted by Gasteiger charge is 2.17. The molecule has 0 saturated heterocycles. The zero-order chi connectivity index (χ0) is 22.5. The number of aliphatic imine (C=N–C) groups is 1. The molecule has 162 valence electrons. The Morgan fingerprint density at radius 2 is 1.69 bits per heavy atom. The van der Waals surface area contributed by atoms with E-state index in [9.17, 15) is 4.39 Å². The summed E-state index contributed by atoms with van der Waals surface area (Å²) in [6.07, 6.45) is 6.57. The second-order valence-electron chi connectivity index (χ2n) is 7.43. The monoisotopic (exact) mass is 464 g/mol. The van der Waals surface area contributed by atoms with Gasteiger partial charge in [0, 0.05) is 41.5 Å². The predicted octanol–water partition coefficient (Wildman–Crippen LogP) is 6.50. The quantitative estimate of drug-likeness (QED) is 0.417. The minimum Gasteiger partial charge on any atom is -0.327 e. The van der Waals surface area contributed by atoms with Gasteiger partial charge in [0.05, 0.1) is 5.70 Å². The molecule has 2 aromatic carbocycles. The van der Waals surface area contributed by atoms with Crippen LogP contribution >= 0.6 is 23.4 Å². The lowest BCUT2D eigenvalue weighted by molar-refractivity contribution is 0.555. The van der Waals surface area contributed by atoms with Gasteiger partial charge in [0.1, 0.15) is 5.82 Å². The van der Waals surface area contributed by atoms with Crippen LogP contribution in [0.5, 0.6) is 0 Å². The zero-order valence-electron chi connectivity index (χ0n) is 17.6. The number of rotatable bonds is 6. The molecule has 0 saturated carbocycles. The molecule has 0 aliphatic carbocycles. The van der Waals surface area contributed by atoms with Gasteiger partial charge in [0.2, 0.25) is 0 Å². The normalized spacial score (nSPS) is 13.7. The molecular weight excluding hydrogens is 443 g/mol. The van der Waals surface area contributed by atoms with Crippen LogP contribution in [0.1, 0.15) is 18.1 Å². The molecule has 1 aromatic heterocycles. The van der Waals surface area contributed by atoms with E-state index in [-0.39, 0.29) is 5.82 Å². The van der Waals surface area contributed by atoms with E-state index in [0.29, 0.717) is 16.6 Å². The van der Waals surface area contributed by atoms with E-state index in [0.717, 1.165) is 46.1 Å². The maximum absolute atomic E-state index is 13.2. The van der Waals surface area contributed by atoms with E-state index in [1.54, 1.807) is 23.9 Å². The number of hydrogen-bond acceptors (Lipinski definition) is 5. The van der Waals surface area contributed by atoms with Gasteiger partial charge in [-0.1, -0.05) is 42.1 Å². The summed E-state index contributed by atoms with van der Waals surface area (Å²) in [5.74, 6) is 1.15. The SMILES string of the molecule is C=C1N=C(SCc2ccc(F)cc2)N(CCc2cnc(-c3ccc(Cl)cc3)nc2)C=C1C. The average Bonchev–Trinajstić information content (AvgIpc) is 2.80. The molecule has 1 aliphatic rings. The third-order valence-corrected chi connectivity index (χ3v) is 6.32. The molecule has 7 heteroatoms. The average molecular weight is 465 g/mol. The van der Waals surface area contributed by atoms with Gasteiger partial charge >= 0.3 is 0 Å². The first-order chi connectivity index (χ1) is 15.5. The van der Waals surface area contributed by atoms with Crippen molar-refractivity contribution in [3.63, 3.8) is 0 Å². The van der Waals surface area contributed by atoms with Gasteiger partial charge < -0.3 is 4.90 Å². The van der Waals surface area contributed by atoms with E-state index < -0.39 is 0 Å². The molecule has 0 amide bonds. The van der Waals surface area contributed by atoms with Gasteiger partial charge in [0.25, 0.3) is 0 Å². The fourth-order valence-electron chi connectivity index (χ4n) is 3.12. The number of halogens is 2. The molecule has 1 aliphatic heterocycles. The molecule has 32 heavy (non-hydrogen) atoms. The lowest BCUT2D eigenvalue weighted by atomic mass is 10.2. The summed E-state index contributed by atoms with van der Waals surface area (Å²) in [7, 11) is 0. The van der Waals surface area contributed by atoms with Crippen molar-refractivity contribution in [3.05, 3.63) is 107 Å². The molecule has 3 aromatic rings. The van der Waals surface area contributed by atoms with E-state index in [2.05, 4.69) is 32.6 Å². The van der Waals surface area contributed by atoms with Gasteiger partial charge in [-0.3, -0.25) is 0 Å². The third kappa shape index (κ3) is 5.64. The van der Waals surface area contributed by atoms with Crippen LogP contribution in [0.2, 0.25) is 5.02 Å². The maximum atomic E-state index is 13.2. The van der Waals surface area contributed by atoms with Crippen LogP contribution in [0.4, 0.5) is 4.39 Å². The Labute approximate surface area is 196 Å². The van der Waals surface area contributed by atoms with Gasteiger partial charge in [-0.05, 0) is 66.4 Å². The molecule has 0 N–H and O–H groups in total. The van der Waals surface area contributed by atoms with Crippen LogP contribution in [0.25, 0.3) is 11.4 Å². The molecule has 0 bridgehead atoms. The lowest BCUT2D eigenvalue weighted by Crippen LogP contribution is -2.28. The van der Waals surface area contributed by atoms with Crippen LogP contribution < -0.4 is 0 Å². The number of allylic oxidation sites excluding steroid dienone is 1. The fourth-order valence-corrected chi connectivity index (χ4v) is 4.22. The minimum atomic E-state index is -0.230. The highest BCUT2D eigenvalue weighted by Crippen LogP contribution is 2.25. The first kappa shape index (κ1) is 22.2. The molecule has 2 heterocycles. The Hall–Kier alpha value is -2.96. The lowest BCUT2D eigenvalue weighted by Gasteiger charge is -2.26. The smallest absolute Gasteiger partial charge is 0.168 e. The van der Waals surface area contributed by atoms with E-state index >= 15 is 0 Å². The summed E-state index contributed by atoms with van der Waals surface area (Å²) >= 11 is 7.56. The van der Waals surface area contributed by atoms with Gasteiger partial charge in [-0.15, -0.1) is 0 Å². The number of hydrogen-bond donors (Lipinski definition) is 0. The highest BCUT2D eigenvalue weighted by molar-refractivity contribution is 8.13. The van der Waals surface area contributed by atoms with Crippen molar-refractivity contribution in [1.82, 2.24) is 14.9 Å².